The van der Waals surface area contributed by atoms with Crippen LogP contribution in [0, 0.1) is 20.8 Å². The Kier molecular flexibility index (Phi) is 12.6. The van der Waals surface area contributed by atoms with Crippen LogP contribution in [-0.4, -0.2) is 108 Å². The molecule has 1 saturated heterocycles. The van der Waals surface area contributed by atoms with E-state index in [1.165, 1.54) is 45.0 Å². The summed E-state index contributed by atoms with van der Waals surface area (Å²) in [4.78, 5) is 13.8. The van der Waals surface area contributed by atoms with Gasteiger partial charge in [0.1, 0.15) is 0 Å². The Labute approximate surface area is 285 Å². The number of carbonyl (C=O) groups is 1. The van der Waals surface area contributed by atoms with E-state index in [1.54, 1.807) is 41.3 Å². The van der Waals surface area contributed by atoms with Gasteiger partial charge in [-0.1, -0.05) is 53.1 Å². The summed E-state index contributed by atoms with van der Waals surface area (Å²) in [6, 6.07) is 19.2. The monoisotopic (exact) mass is 719 g/mol. The van der Waals surface area contributed by atoms with Crippen molar-refractivity contribution in [2.24, 2.45) is 5.73 Å². The number of sulfonamides is 3. The van der Waals surface area contributed by atoms with E-state index in [2.05, 4.69) is 0 Å². The second kappa shape index (κ2) is 16.0. The van der Waals surface area contributed by atoms with E-state index in [-0.39, 0.29) is 60.5 Å². The number of amides is 1. The molecular formula is C33H45N5O7S3. The fourth-order valence-electron chi connectivity index (χ4n) is 5.51. The lowest BCUT2D eigenvalue weighted by Crippen LogP contribution is -2.46. The minimum Gasteiger partial charge on any atom is -0.369 e. The number of nitrogens with zero attached hydrogens (tertiary/aromatic N) is 4. The first-order valence-electron chi connectivity index (χ1n) is 15.8. The van der Waals surface area contributed by atoms with Crippen LogP contribution in [0.5, 0.6) is 0 Å². The molecule has 0 aromatic heterocycles. The predicted octanol–water partition coefficient (Wildman–Crippen LogP) is 2.57. The van der Waals surface area contributed by atoms with Crippen molar-refractivity contribution in [3.05, 3.63) is 89.5 Å². The van der Waals surface area contributed by atoms with Crippen molar-refractivity contribution in [3.8, 4) is 0 Å². The first kappa shape index (κ1) is 37.6. The molecule has 1 fully saturated rings. The zero-order valence-electron chi connectivity index (χ0n) is 27.7. The van der Waals surface area contributed by atoms with Crippen molar-refractivity contribution >= 4 is 36.0 Å². The van der Waals surface area contributed by atoms with Gasteiger partial charge in [0.25, 0.3) is 0 Å². The van der Waals surface area contributed by atoms with Gasteiger partial charge >= 0.3 is 0 Å². The maximum Gasteiger partial charge on any atom is 0.243 e. The maximum atomic E-state index is 14.1. The summed E-state index contributed by atoms with van der Waals surface area (Å²) in [7, 11) is -12.2. The van der Waals surface area contributed by atoms with Crippen molar-refractivity contribution in [1.82, 2.24) is 17.8 Å². The fraction of sp³-hybridized carbons (Fsp3) is 0.424. The Balaban J connectivity index is 1.74. The largest absolute Gasteiger partial charge is 0.369 e. The molecule has 2 N–H and O–H groups in total. The fourth-order valence-corrected chi connectivity index (χ4v) is 9.87. The minimum atomic E-state index is -4.15. The third-order valence-corrected chi connectivity index (χ3v) is 14.1. The summed E-state index contributed by atoms with van der Waals surface area (Å²) in [5.74, 6) is -0.554. The summed E-state index contributed by atoms with van der Waals surface area (Å²) in [6.45, 7) is 5.44. The number of nitrogens with two attached hydrogens (primary N) is 1. The predicted molar refractivity (Wildman–Crippen MR) is 185 cm³/mol. The lowest BCUT2D eigenvalue weighted by Gasteiger charge is -2.31. The summed E-state index contributed by atoms with van der Waals surface area (Å²) in [5.41, 5.74) is 8.15. The zero-order valence-corrected chi connectivity index (χ0v) is 30.1. The molecule has 0 radical (unpaired) electrons. The Morgan fingerprint density at radius 1 is 0.500 bits per heavy atom. The molecular weight excluding hydrogens is 675 g/mol. The number of primary amides is 1. The second-order valence-electron chi connectivity index (χ2n) is 12.1. The van der Waals surface area contributed by atoms with Crippen molar-refractivity contribution in [2.45, 2.75) is 48.3 Å². The van der Waals surface area contributed by atoms with E-state index in [9.17, 15) is 30.0 Å². The molecule has 3 aromatic rings. The smallest absolute Gasteiger partial charge is 0.243 e. The lowest BCUT2D eigenvalue weighted by atomic mass is 10.2. The van der Waals surface area contributed by atoms with Crippen LogP contribution in [-0.2, 0) is 34.9 Å². The van der Waals surface area contributed by atoms with Gasteiger partial charge in [-0.2, -0.15) is 12.9 Å². The maximum absolute atomic E-state index is 14.1. The van der Waals surface area contributed by atoms with E-state index in [4.69, 9.17) is 5.73 Å². The van der Waals surface area contributed by atoms with Crippen LogP contribution in [0.15, 0.2) is 87.5 Å². The summed E-state index contributed by atoms with van der Waals surface area (Å²) in [6.07, 6.45) is 0.656. The molecule has 4 rings (SSSR count). The van der Waals surface area contributed by atoms with E-state index >= 15 is 0 Å². The Morgan fingerprint density at radius 2 is 0.771 bits per heavy atom. The summed E-state index contributed by atoms with van der Waals surface area (Å²) < 4.78 is 87.4. The third kappa shape index (κ3) is 9.49. The van der Waals surface area contributed by atoms with Gasteiger partial charge in [0.2, 0.25) is 36.0 Å². The van der Waals surface area contributed by atoms with Crippen LogP contribution < -0.4 is 5.73 Å². The number of carbonyl (C=O) groups excluding carboxylic acids is 1. The van der Waals surface area contributed by atoms with Gasteiger partial charge in [-0.15, -0.1) is 0 Å². The van der Waals surface area contributed by atoms with Gasteiger partial charge in [-0.05, 0) is 83.1 Å². The average molecular weight is 720 g/mol. The van der Waals surface area contributed by atoms with Crippen LogP contribution >= 0.6 is 0 Å². The first-order chi connectivity index (χ1) is 22.6. The van der Waals surface area contributed by atoms with Crippen molar-refractivity contribution in [2.75, 3.05) is 58.9 Å². The highest BCUT2D eigenvalue weighted by Crippen LogP contribution is 2.22. The van der Waals surface area contributed by atoms with Gasteiger partial charge in [0.05, 0.1) is 21.2 Å². The second-order valence-corrected chi connectivity index (χ2v) is 17.9. The molecule has 1 aliphatic rings. The van der Waals surface area contributed by atoms with Crippen molar-refractivity contribution in [3.63, 3.8) is 0 Å². The van der Waals surface area contributed by atoms with E-state index < -0.39 is 36.0 Å². The van der Waals surface area contributed by atoms with E-state index in [0.717, 1.165) is 21.0 Å². The van der Waals surface area contributed by atoms with Gasteiger partial charge in [-0.3, -0.25) is 9.69 Å². The molecule has 0 saturated carbocycles. The number of hydrogen-bond acceptors (Lipinski definition) is 8. The van der Waals surface area contributed by atoms with Crippen LogP contribution in [0.25, 0.3) is 0 Å². The van der Waals surface area contributed by atoms with Gasteiger partial charge in [-0.25, -0.2) is 25.3 Å². The van der Waals surface area contributed by atoms with Crippen LogP contribution in [0.4, 0.5) is 0 Å². The Morgan fingerprint density at radius 3 is 1.04 bits per heavy atom. The zero-order chi connectivity index (χ0) is 35.1. The van der Waals surface area contributed by atoms with Crippen LogP contribution in [0.2, 0.25) is 0 Å². The molecule has 0 spiro atoms. The molecule has 1 heterocycles. The van der Waals surface area contributed by atoms with E-state index in [1.807, 2.05) is 20.8 Å². The highest BCUT2D eigenvalue weighted by molar-refractivity contribution is 7.89. The molecule has 0 bridgehead atoms. The molecule has 262 valence electrons. The Hall–Kier alpha value is -3.18. The standard InChI is InChI=1S/C33H45N5O7S3/c1-27-6-12-30(13-7-27)46(40,41)36-20-4-18-35(26-33(34)39)19-5-21-37(47(42,43)31-14-8-28(2)9-15-31)23-25-38(24-22-36)48(44,45)32-16-10-29(3)11-17-32/h6-17H,4-5,18-26H2,1-3H3,(H2,34,39). The average Bonchev–Trinajstić information content (AvgIpc) is 3.02. The van der Waals surface area contributed by atoms with Crippen molar-refractivity contribution < 1.29 is 30.0 Å². The third-order valence-electron chi connectivity index (χ3n) is 8.32. The molecule has 3 aromatic carbocycles. The molecule has 0 atom stereocenters. The lowest BCUT2D eigenvalue weighted by molar-refractivity contribution is -0.119. The van der Waals surface area contributed by atoms with E-state index in [0.29, 0.717) is 25.9 Å². The summed E-state index contributed by atoms with van der Waals surface area (Å²) in [5, 5.41) is 0. The minimum absolute atomic E-state index is 0.0252. The van der Waals surface area contributed by atoms with Gasteiger partial charge < -0.3 is 5.73 Å². The van der Waals surface area contributed by atoms with Crippen LogP contribution in [0.3, 0.4) is 0 Å². The highest BCUT2D eigenvalue weighted by Gasteiger charge is 2.32. The first-order valence-corrected chi connectivity index (χ1v) is 20.1. The molecule has 15 heteroatoms. The number of aryl methyl sites for hydroxylation is 3. The molecule has 48 heavy (non-hydrogen) atoms. The number of benzene rings is 3. The topological polar surface area (TPSA) is 158 Å². The molecule has 1 aliphatic heterocycles. The Bertz CT molecular complexity index is 1770. The normalized spacial score (nSPS) is 17.9. The SMILES string of the molecule is Cc1ccc(S(=O)(=O)N2CCCN(CC(N)=O)CCCN(S(=O)(=O)c3ccc(C)cc3)CCN(S(=O)(=O)c3ccc(C)cc3)CC2)cc1. The molecule has 12 nitrogen and oxygen atoms in total. The molecule has 0 aliphatic carbocycles. The number of rotatable bonds is 8. The molecule has 1 amide bonds. The van der Waals surface area contributed by atoms with Gasteiger partial charge in [0.15, 0.2) is 0 Å². The number of hydrogen-bond donors (Lipinski definition) is 1. The van der Waals surface area contributed by atoms with Crippen LogP contribution in [0.1, 0.15) is 29.5 Å². The van der Waals surface area contributed by atoms with Gasteiger partial charge in [0, 0.05) is 39.3 Å². The highest BCUT2D eigenvalue weighted by atomic mass is 32.2. The quantitative estimate of drug-likeness (QED) is 0.372. The van der Waals surface area contributed by atoms with Crippen molar-refractivity contribution in [1.29, 1.82) is 0 Å². The summed E-state index contributed by atoms with van der Waals surface area (Å²) >= 11 is 0. The molecule has 0 unspecified atom stereocenters.